The standard InChI is InChI=1S/C59H45N/c1-3-4-5-6-13-25-49-45-23-14-16-26-48(45)55(41-19-9-7-10-20-41)58-51-29-18-28-47-44(35-36-52(56(47)51)57(49)58)40-32-30-39(31-33-40)43-34-37-54-53(38-43)46-24-15-17-27-50(46)59(60(54)2)42-21-11-8-12-22-42/h3-35,37-38,52,59H,36H2,1-2H3/b4-3-,6-5-,25-13+/t52-,59-/m1/s1. The van der Waals surface area contributed by atoms with Crippen LogP contribution in [0.5, 0.6) is 0 Å². The molecule has 0 bridgehead atoms. The minimum atomic E-state index is 0.174. The molecule has 8 aromatic carbocycles. The van der Waals surface area contributed by atoms with Crippen LogP contribution in [-0.4, -0.2) is 7.05 Å². The van der Waals surface area contributed by atoms with Gasteiger partial charge in [0.15, 0.2) is 0 Å². The highest BCUT2D eigenvalue weighted by atomic mass is 15.1. The van der Waals surface area contributed by atoms with Gasteiger partial charge < -0.3 is 4.90 Å². The van der Waals surface area contributed by atoms with E-state index < -0.39 is 0 Å². The lowest BCUT2D eigenvalue weighted by Gasteiger charge is -2.38. The van der Waals surface area contributed by atoms with Gasteiger partial charge in [-0.1, -0.05) is 200 Å². The number of anilines is 1. The van der Waals surface area contributed by atoms with Gasteiger partial charge in [-0.05, 0) is 120 Å². The van der Waals surface area contributed by atoms with Crippen molar-refractivity contribution in [3.63, 3.8) is 0 Å². The lowest BCUT2D eigenvalue weighted by molar-refractivity contribution is 0.775. The van der Waals surface area contributed by atoms with Crippen LogP contribution >= 0.6 is 0 Å². The number of hydrogen-bond donors (Lipinski definition) is 0. The molecule has 1 heterocycles. The number of nitrogens with zero attached hydrogens (tertiary/aromatic N) is 1. The summed E-state index contributed by atoms with van der Waals surface area (Å²) in [5, 5.41) is 2.60. The molecule has 8 aromatic rings. The van der Waals surface area contributed by atoms with Crippen LogP contribution in [0.25, 0.3) is 66.9 Å². The lowest BCUT2D eigenvalue weighted by Crippen LogP contribution is -2.29. The third-order valence-electron chi connectivity index (χ3n) is 13.0. The molecular formula is C59H45N. The largest absolute Gasteiger partial charge is 0.363 e. The Balaban J connectivity index is 0.989. The molecule has 2 aliphatic carbocycles. The van der Waals surface area contributed by atoms with Gasteiger partial charge in [0.05, 0.1) is 6.04 Å². The number of fused-ring (bicyclic) bond motifs is 7. The predicted octanol–water partition coefficient (Wildman–Crippen LogP) is 15.5. The van der Waals surface area contributed by atoms with E-state index in [4.69, 9.17) is 0 Å². The highest BCUT2D eigenvalue weighted by Gasteiger charge is 2.38. The van der Waals surface area contributed by atoms with Crippen molar-refractivity contribution in [2.45, 2.75) is 25.3 Å². The summed E-state index contributed by atoms with van der Waals surface area (Å²) in [7, 11) is 2.23. The third-order valence-corrected chi connectivity index (χ3v) is 13.0. The van der Waals surface area contributed by atoms with Gasteiger partial charge in [-0.15, -0.1) is 0 Å². The quantitative estimate of drug-likeness (QED) is 0.146. The zero-order valence-corrected chi connectivity index (χ0v) is 34.0. The Morgan fingerprint density at radius 3 is 1.98 bits per heavy atom. The van der Waals surface area contributed by atoms with Gasteiger partial charge in [-0.2, -0.15) is 0 Å². The summed E-state index contributed by atoms with van der Waals surface area (Å²) in [4.78, 5) is 2.44. The normalized spacial score (nSPS) is 16.3. The van der Waals surface area contributed by atoms with Crippen LogP contribution in [0.15, 0.2) is 206 Å². The van der Waals surface area contributed by atoms with Gasteiger partial charge in [0, 0.05) is 24.2 Å². The van der Waals surface area contributed by atoms with Gasteiger partial charge in [-0.25, -0.2) is 0 Å². The zero-order chi connectivity index (χ0) is 40.2. The summed E-state index contributed by atoms with van der Waals surface area (Å²) in [5.41, 5.74) is 22.5. The first kappa shape index (κ1) is 35.9. The van der Waals surface area contributed by atoms with E-state index in [9.17, 15) is 0 Å². The van der Waals surface area contributed by atoms with Crippen LogP contribution in [0.2, 0.25) is 0 Å². The van der Waals surface area contributed by atoms with Crippen LogP contribution in [0.3, 0.4) is 0 Å². The lowest BCUT2D eigenvalue weighted by atomic mass is 9.78. The molecule has 0 amide bonds. The molecule has 0 unspecified atom stereocenters. The molecule has 0 saturated heterocycles. The van der Waals surface area contributed by atoms with Crippen LogP contribution in [0, 0.1) is 0 Å². The van der Waals surface area contributed by atoms with E-state index in [0.29, 0.717) is 0 Å². The van der Waals surface area contributed by atoms with Crippen molar-refractivity contribution < 1.29 is 0 Å². The maximum Gasteiger partial charge on any atom is 0.0798 e. The smallest absolute Gasteiger partial charge is 0.0798 e. The molecule has 0 aromatic heterocycles. The average molecular weight is 768 g/mol. The molecule has 286 valence electrons. The molecule has 2 atom stereocenters. The van der Waals surface area contributed by atoms with Crippen LogP contribution in [0.1, 0.15) is 64.2 Å². The minimum Gasteiger partial charge on any atom is -0.363 e. The summed E-state index contributed by atoms with van der Waals surface area (Å²) >= 11 is 0. The van der Waals surface area contributed by atoms with E-state index in [2.05, 4.69) is 231 Å². The molecule has 0 spiro atoms. The molecule has 1 aliphatic heterocycles. The van der Waals surface area contributed by atoms with Gasteiger partial charge in [0.25, 0.3) is 0 Å². The van der Waals surface area contributed by atoms with E-state index in [1.165, 1.54) is 105 Å². The van der Waals surface area contributed by atoms with Crippen molar-refractivity contribution in [2.24, 2.45) is 0 Å². The second-order valence-electron chi connectivity index (χ2n) is 16.3. The van der Waals surface area contributed by atoms with Crippen molar-refractivity contribution in [3.05, 3.63) is 245 Å². The van der Waals surface area contributed by atoms with Crippen molar-refractivity contribution in [2.75, 3.05) is 11.9 Å². The Morgan fingerprint density at radius 1 is 0.500 bits per heavy atom. The first-order valence-electron chi connectivity index (χ1n) is 21.3. The van der Waals surface area contributed by atoms with E-state index in [1.807, 2.05) is 0 Å². The van der Waals surface area contributed by atoms with Crippen molar-refractivity contribution in [3.8, 4) is 44.5 Å². The fourth-order valence-corrected chi connectivity index (χ4v) is 10.4. The van der Waals surface area contributed by atoms with E-state index in [1.54, 1.807) is 0 Å². The van der Waals surface area contributed by atoms with Crippen LogP contribution in [-0.2, 0) is 0 Å². The van der Waals surface area contributed by atoms with Crippen LogP contribution in [0.4, 0.5) is 5.69 Å². The SMILES string of the molecule is C\C=C/C=C\C=C\c1c2c(c(-c3ccccc3)c3ccccc13)-c1cccc3c1[C@H]2CC=C3c1ccc(-c2ccc3c(c2)-c2ccccc2[C@@H](c2ccccc2)N3C)cc1. The van der Waals surface area contributed by atoms with E-state index in [-0.39, 0.29) is 12.0 Å². The van der Waals surface area contributed by atoms with Gasteiger partial charge in [0.1, 0.15) is 0 Å². The first-order chi connectivity index (χ1) is 29.7. The Hall–Kier alpha value is -7.22. The maximum atomic E-state index is 2.51. The molecule has 1 nitrogen and oxygen atoms in total. The highest BCUT2D eigenvalue weighted by molar-refractivity contribution is 6.12. The first-order valence-corrected chi connectivity index (χ1v) is 21.3. The van der Waals surface area contributed by atoms with Crippen molar-refractivity contribution in [1.29, 1.82) is 0 Å². The fourth-order valence-electron chi connectivity index (χ4n) is 10.4. The monoisotopic (exact) mass is 767 g/mol. The molecule has 0 radical (unpaired) electrons. The van der Waals surface area contributed by atoms with Crippen molar-refractivity contribution in [1.82, 2.24) is 0 Å². The van der Waals surface area contributed by atoms with Gasteiger partial charge in [0.2, 0.25) is 0 Å². The zero-order valence-electron chi connectivity index (χ0n) is 34.0. The molecule has 11 rings (SSSR count). The topological polar surface area (TPSA) is 3.24 Å². The molecule has 0 N–H and O–H groups in total. The third kappa shape index (κ3) is 5.76. The number of allylic oxidation sites excluding steroid dienone is 6. The molecular weight excluding hydrogens is 723 g/mol. The summed E-state index contributed by atoms with van der Waals surface area (Å²) in [6.45, 7) is 2.05. The Bertz CT molecular complexity index is 3070. The van der Waals surface area contributed by atoms with E-state index in [0.717, 1.165) is 6.42 Å². The summed E-state index contributed by atoms with van der Waals surface area (Å²) in [6.07, 6.45) is 16.4. The summed E-state index contributed by atoms with van der Waals surface area (Å²) in [6, 6.07) is 63.3. The predicted molar refractivity (Wildman–Crippen MR) is 255 cm³/mol. The Labute approximate surface area is 353 Å². The minimum absolute atomic E-state index is 0.174. The van der Waals surface area contributed by atoms with Crippen molar-refractivity contribution >= 4 is 28.1 Å². The number of rotatable bonds is 7. The molecule has 1 heteroatoms. The number of hydrogen-bond acceptors (Lipinski definition) is 1. The molecule has 0 fully saturated rings. The Morgan fingerprint density at radius 2 is 1.17 bits per heavy atom. The van der Waals surface area contributed by atoms with Crippen LogP contribution < -0.4 is 4.90 Å². The highest BCUT2D eigenvalue weighted by Crippen LogP contribution is 2.58. The fraction of sp³-hybridized carbons (Fsp3) is 0.0847. The molecule has 0 saturated carbocycles. The molecule has 60 heavy (non-hydrogen) atoms. The second-order valence-corrected chi connectivity index (χ2v) is 16.3. The summed E-state index contributed by atoms with van der Waals surface area (Å²) < 4.78 is 0. The Kier molecular flexibility index (Phi) is 8.89. The maximum absolute atomic E-state index is 2.51. The summed E-state index contributed by atoms with van der Waals surface area (Å²) in [5.74, 6) is 0.276. The number of benzene rings is 8. The second kappa shape index (κ2) is 14.9. The molecule has 3 aliphatic rings. The average Bonchev–Trinajstić information content (AvgIpc) is 3.64. The van der Waals surface area contributed by atoms with Gasteiger partial charge >= 0.3 is 0 Å². The van der Waals surface area contributed by atoms with Gasteiger partial charge in [-0.3, -0.25) is 0 Å². The van der Waals surface area contributed by atoms with E-state index >= 15 is 0 Å².